The summed E-state index contributed by atoms with van der Waals surface area (Å²) in [4.78, 5) is 39.5. The summed E-state index contributed by atoms with van der Waals surface area (Å²) in [6, 6.07) is 18.9. The van der Waals surface area contributed by atoms with Crippen molar-refractivity contribution in [3.63, 3.8) is 0 Å². The zero-order valence-corrected chi connectivity index (χ0v) is 17.7. The topological polar surface area (TPSA) is 94.6 Å². The lowest BCUT2D eigenvalue weighted by Gasteiger charge is -2.30. The van der Waals surface area contributed by atoms with Crippen molar-refractivity contribution in [2.45, 2.75) is 25.9 Å². The zero-order chi connectivity index (χ0) is 22.5. The molecule has 0 spiro atoms. The van der Waals surface area contributed by atoms with Crippen LogP contribution in [0.4, 0.5) is 0 Å². The molecule has 164 valence electrons. The van der Waals surface area contributed by atoms with Gasteiger partial charge in [0.15, 0.2) is 0 Å². The van der Waals surface area contributed by atoms with Crippen LogP contribution in [0.5, 0.6) is 5.75 Å². The number of fused-ring (bicyclic) bond motifs is 1. The molecular weight excluding hydrogens is 406 g/mol. The molecule has 0 saturated heterocycles. The molecule has 4 rings (SSSR count). The minimum Gasteiger partial charge on any atom is -0.493 e. The van der Waals surface area contributed by atoms with Gasteiger partial charge in [0.1, 0.15) is 11.3 Å². The van der Waals surface area contributed by atoms with E-state index in [0.29, 0.717) is 31.6 Å². The van der Waals surface area contributed by atoms with E-state index in [2.05, 4.69) is 0 Å². The van der Waals surface area contributed by atoms with Gasteiger partial charge in [0.05, 0.1) is 19.6 Å². The molecule has 2 aromatic carbocycles. The second-order valence-corrected chi connectivity index (χ2v) is 7.77. The number of benzene rings is 2. The van der Waals surface area contributed by atoms with E-state index in [9.17, 15) is 14.4 Å². The van der Waals surface area contributed by atoms with Gasteiger partial charge in [-0.25, -0.2) is 0 Å². The van der Waals surface area contributed by atoms with E-state index in [1.165, 1.54) is 4.57 Å². The van der Waals surface area contributed by atoms with Gasteiger partial charge in [0.2, 0.25) is 5.91 Å². The number of pyridine rings is 1. The summed E-state index contributed by atoms with van der Waals surface area (Å²) in [6.45, 7) is 1.37. The van der Waals surface area contributed by atoms with Gasteiger partial charge < -0.3 is 19.9 Å². The maximum Gasteiger partial charge on any atom is 0.264 e. The molecule has 2 heterocycles. The number of para-hydroxylation sites is 1. The van der Waals surface area contributed by atoms with Crippen molar-refractivity contribution in [2.75, 3.05) is 13.2 Å². The fraction of sp³-hybridized carbons (Fsp3) is 0.240. The Morgan fingerprint density at radius 2 is 1.69 bits per heavy atom. The second kappa shape index (κ2) is 9.51. The highest BCUT2D eigenvalue weighted by Crippen LogP contribution is 2.22. The number of primary amides is 1. The summed E-state index contributed by atoms with van der Waals surface area (Å²) in [5.74, 6) is -0.0435. The van der Waals surface area contributed by atoms with Crippen molar-refractivity contribution in [2.24, 2.45) is 5.73 Å². The quantitative estimate of drug-likeness (QED) is 0.621. The van der Waals surface area contributed by atoms with Crippen LogP contribution in [0.25, 0.3) is 0 Å². The molecule has 0 fully saturated rings. The van der Waals surface area contributed by atoms with Gasteiger partial charge in [-0.3, -0.25) is 14.4 Å². The minimum absolute atomic E-state index is 0.0259. The molecule has 0 atom stereocenters. The van der Waals surface area contributed by atoms with E-state index in [-0.39, 0.29) is 24.5 Å². The van der Waals surface area contributed by atoms with Crippen LogP contribution < -0.4 is 16.0 Å². The van der Waals surface area contributed by atoms with E-state index in [4.69, 9.17) is 10.5 Å². The molecule has 3 aromatic rings. The van der Waals surface area contributed by atoms with Gasteiger partial charge in [-0.1, -0.05) is 48.5 Å². The summed E-state index contributed by atoms with van der Waals surface area (Å²) in [5, 5.41) is 0. The van der Waals surface area contributed by atoms with Crippen LogP contribution in [0.1, 0.15) is 33.5 Å². The number of carbonyl (C=O) groups excluding carboxylic acids is 2. The molecule has 2 amide bonds. The maximum absolute atomic E-state index is 12.9. The molecule has 0 aliphatic carbocycles. The smallest absolute Gasteiger partial charge is 0.264 e. The molecule has 7 nitrogen and oxygen atoms in total. The Morgan fingerprint density at radius 3 is 2.38 bits per heavy atom. The van der Waals surface area contributed by atoms with Crippen molar-refractivity contribution >= 4 is 11.8 Å². The van der Waals surface area contributed by atoms with Crippen LogP contribution in [0.15, 0.2) is 71.7 Å². The lowest BCUT2D eigenvalue weighted by atomic mass is 9.96. The lowest BCUT2D eigenvalue weighted by molar-refractivity contribution is -0.132. The van der Waals surface area contributed by atoms with Crippen LogP contribution in [-0.4, -0.2) is 34.4 Å². The molecule has 0 saturated carbocycles. The highest BCUT2D eigenvalue weighted by Gasteiger charge is 2.27. The summed E-state index contributed by atoms with van der Waals surface area (Å²) < 4.78 is 7.14. The maximum atomic E-state index is 12.9. The molecule has 1 aliphatic heterocycles. The Bertz CT molecular complexity index is 1170. The predicted octanol–water partition coefficient (Wildman–Crippen LogP) is 2.35. The van der Waals surface area contributed by atoms with Crippen molar-refractivity contribution in [1.82, 2.24) is 9.47 Å². The van der Waals surface area contributed by atoms with Gasteiger partial charge in [0.25, 0.3) is 11.5 Å². The highest BCUT2D eigenvalue weighted by molar-refractivity contribution is 5.94. The second-order valence-electron chi connectivity index (χ2n) is 7.77. The van der Waals surface area contributed by atoms with Crippen molar-refractivity contribution in [3.8, 4) is 5.75 Å². The van der Waals surface area contributed by atoms with Crippen LogP contribution in [-0.2, 0) is 24.3 Å². The van der Waals surface area contributed by atoms with Crippen LogP contribution in [0.3, 0.4) is 0 Å². The Hall–Kier alpha value is -3.87. The summed E-state index contributed by atoms with van der Waals surface area (Å²) in [5.41, 5.74) is 7.56. The first kappa shape index (κ1) is 21.4. The predicted molar refractivity (Wildman–Crippen MR) is 120 cm³/mol. The molecule has 0 radical (unpaired) electrons. The standard InChI is InChI=1S/C25H25N3O4/c26-24(30)23-21-11-13-27(22(29)12-14-32-20-9-5-2-6-10-20)16-19(21)17-28(25(23)31)15-18-7-3-1-4-8-18/h1-10,17H,11-16H2,(H2,26,30). The Kier molecular flexibility index (Phi) is 6.35. The van der Waals surface area contributed by atoms with Crippen molar-refractivity contribution < 1.29 is 14.3 Å². The number of hydrogen-bond acceptors (Lipinski definition) is 4. The van der Waals surface area contributed by atoms with E-state index in [0.717, 1.165) is 16.9 Å². The van der Waals surface area contributed by atoms with E-state index < -0.39 is 11.5 Å². The number of carbonyl (C=O) groups is 2. The van der Waals surface area contributed by atoms with Gasteiger partial charge in [-0.2, -0.15) is 0 Å². The average molecular weight is 431 g/mol. The van der Waals surface area contributed by atoms with Crippen LogP contribution in [0.2, 0.25) is 0 Å². The van der Waals surface area contributed by atoms with Crippen LogP contribution in [0, 0.1) is 0 Å². The Morgan fingerprint density at radius 1 is 1.00 bits per heavy atom. The third-order valence-corrected chi connectivity index (χ3v) is 5.59. The van der Waals surface area contributed by atoms with Gasteiger partial charge in [-0.15, -0.1) is 0 Å². The third kappa shape index (κ3) is 4.72. The molecule has 0 bridgehead atoms. The Balaban J connectivity index is 1.51. The molecule has 1 aromatic heterocycles. The number of amides is 2. The fourth-order valence-electron chi connectivity index (χ4n) is 4.01. The van der Waals surface area contributed by atoms with Crippen LogP contribution >= 0.6 is 0 Å². The Labute approximate surface area is 186 Å². The number of rotatable bonds is 7. The first-order valence-corrected chi connectivity index (χ1v) is 10.6. The average Bonchev–Trinajstić information content (AvgIpc) is 2.80. The fourth-order valence-corrected chi connectivity index (χ4v) is 4.01. The summed E-state index contributed by atoms with van der Waals surface area (Å²) in [7, 11) is 0. The third-order valence-electron chi connectivity index (χ3n) is 5.59. The normalized spacial score (nSPS) is 12.8. The van der Waals surface area contributed by atoms with E-state index in [1.807, 2.05) is 60.7 Å². The van der Waals surface area contributed by atoms with E-state index in [1.54, 1.807) is 11.1 Å². The SMILES string of the molecule is NC(=O)c1c2c(cn(Cc3ccccc3)c1=O)CN(C(=O)CCOc1ccccc1)CC2. The minimum atomic E-state index is -0.732. The number of nitrogens with two attached hydrogens (primary N) is 1. The summed E-state index contributed by atoms with van der Waals surface area (Å²) >= 11 is 0. The molecule has 32 heavy (non-hydrogen) atoms. The number of aromatic nitrogens is 1. The molecule has 7 heteroatoms. The van der Waals surface area contributed by atoms with E-state index >= 15 is 0 Å². The van der Waals surface area contributed by atoms with Gasteiger partial charge >= 0.3 is 0 Å². The largest absolute Gasteiger partial charge is 0.493 e. The molecular formula is C25H25N3O4. The summed E-state index contributed by atoms with van der Waals surface area (Å²) in [6.07, 6.45) is 2.41. The van der Waals surface area contributed by atoms with Gasteiger partial charge in [-0.05, 0) is 35.2 Å². The first-order chi connectivity index (χ1) is 15.5. The molecule has 2 N–H and O–H groups in total. The lowest BCUT2D eigenvalue weighted by Crippen LogP contribution is -2.41. The zero-order valence-electron chi connectivity index (χ0n) is 17.7. The molecule has 1 aliphatic rings. The van der Waals surface area contributed by atoms with Crippen molar-refractivity contribution in [3.05, 3.63) is 99.5 Å². The first-order valence-electron chi connectivity index (χ1n) is 10.6. The monoisotopic (exact) mass is 431 g/mol. The van der Waals surface area contributed by atoms with Crippen molar-refractivity contribution in [1.29, 1.82) is 0 Å². The number of hydrogen-bond donors (Lipinski definition) is 1. The number of nitrogens with zero attached hydrogens (tertiary/aromatic N) is 2. The number of ether oxygens (including phenoxy) is 1. The highest BCUT2D eigenvalue weighted by atomic mass is 16.5. The van der Waals surface area contributed by atoms with Gasteiger partial charge in [0, 0.05) is 19.3 Å². The molecule has 0 unspecified atom stereocenters.